The average molecular weight is 370 g/mol. The van der Waals surface area contributed by atoms with E-state index >= 15 is 0 Å². The number of hydrogen-bond acceptors (Lipinski definition) is 5. The number of esters is 1. The highest BCUT2D eigenvalue weighted by Gasteiger charge is 2.12. The van der Waals surface area contributed by atoms with E-state index in [9.17, 15) is 14.9 Å². The Morgan fingerprint density at radius 1 is 1.19 bits per heavy atom. The second-order valence-electron chi connectivity index (χ2n) is 5.66. The van der Waals surface area contributed by atoms with Crippen molar-refractivity contribution >= 4 is 34.3 Å². The molecule has 7 heteroatoms. The van der Waals surface area contributed by atoms with Gasteiger partial charge in [-0.25, -0.2) is 0 Å². The molecule has 0 spiro atoms. The molecule has 0 N–H and O–H groups in total. The van der Waals surface area contributed by atoms with Crippen LogP contribution >= 0.6 is 11.8 Å². The fraction of sp³-hybridized carbons (Fsp3) is 0.211. The fourth-order valence-corrected chi connectivity index (χ4v) is 3.72. The van der Waals surface area contributed by atoms with E-state index in [1.54, 1.807) is 30.8 Å². The Morgan fingerprint density at radius 3 is 2.62 bits per heavy atom. The molecular weight excluding hydrogens is 352 g/mol. The number of nitro groups is 1. The van der Waals surface area contributed by atoms with Gasteiger partial charge in [0.15, 0.2) is 0 Å². The third-order valence-electron chi connectivity index (χ3n) is 3.90. The van der Waals surface area contributed by atoms with Gasteiger partial charge in [0.05, 0.1) is 11.5 Å². The zero-order valence-electron chi connectivity index (χ0n) is 14.3. The lowest BCUT2D eigenvalue weighted by atomic mass is 10.2. The molecule has 0 unspecified atom stereocenters. The lowest BCUT2D eigenvalue weighted by molar-refractivity contribution is -0.384. The standard InChI is InChI=1S/C19H18N2O4S/c1-2-25-19(22)12-20-11-18(16-5-3-4-6-17(16)20)26-13-14-7-9-15(10-8-14)21(23)24/h3-11H,2,12-13H2,1H3. The molecule has 134 valence electrons. The van der Waals surface area contributed by atoms with Crippen LogP contribution in [0.15, 0.2) is 59.6 Å². The Hall–Kier alpha value is -2.80. The summed E-state index contributed by atoms with van der Waals surface area (Å²) in [6, 6.07) is 14.5. The lowest BCUT2D eigenvalue weighted by Gasteiger charge is -2.04. The van der Waals surface area contributed by atoms with Gasteiger partial charge in [0.25, 0.3) is 5.69 Å². The van der Waals surface area contributed by atoms with Gasteiger partial charge in [0.2, 0.25) is 0 Å². The van der Waals surface area contributed by atoms with E-state index in [0.717, 1.165) is 21.4 Å². The number of thioether (sulfide) groups is 1. The predicted octanol–water partition coefficient (Wildman–Crippen LogP) is 4.40. The van der Waals surface area contributed by atoms with Crippen molar-refractivity contribution in [1.29, 1.82) is 0 Å². The summed E-state index contributed by atoms with van der Waals surface area (Å²) < 4.78 is 6.94. The Bertz CT molecular complexity index is 934. The quantitative estimate of drug-likeness (QED) is 0.267. The van der Waals surface area contributed by atoms with Crippen molar-refractivity contribution in [2.45, 2.75) is 24.1 Å². The number of carbonyl (C=O) groups is 1. The number of hydrogen-bond donors (Lipinski definition) is 0. The number of rotatable bonds is 7. The summed E-state index contributed by atoms with van der Waals surface area (Å²) in [5.74, 6) is 0.422. The molecule has 0 atom stereocenters. The number of benzene rings is 2. The highest BCUT2D eigenvalue weighted by atomic mass is 32.2. The average Bonchev–Trinajstić information content (AvgIpc) is 2.98. The molecule has 0 saturated heterocycles. The van der Waals surface area contributed by atoms with Gasteiger partial charge in [0.1, 0.15) is 6.54 Å². The largest absolute Gasteiger partial charge is 0.465 e. The molecule has 3 rings (SSSR count). The first kappa shape index (κ1) is 18.0. The number of carbonyl (C=O) groups excluding carboxylic acids is 1. The molecule has 1 heterocycles. The van der Waals surface area contributed by atoms with Gasteiger partial charge in [-0.05, 0) is 18.6 Å². The molecule has 0 bridgehead atoms. The first-order valence-corrected chi connectivity index (χ1v) is 9.16. The van der Waals surface area contributed by atoms with Crippen LogP contribution in [0.2, 0.25) is 0 Å². The topological polar surface area (TPSA) is 74.4 Å². The number of aromatic nitrogens is 1. The van der Waals surface area contributed by atoms with E-state index in [1.807, 2.05) is 35.0 Å². The number of fused-ring (bicyclic) bond motifs is 1. The molecule has 0 aliphatic carbocycles. The van der Waals surface area contributed by atoms with Gasteiger partial charge in [-0.2, -0.15) is 0 Å². The first-order chi connectivity index (χ1) is 12.6. The molecule has 0 aliphatic rings. The van der Waals surface area contributed by atoms with E-state index in [1.165, 1.54) is 12.1 Å². The smallest absolute Gasteiger partial charge is 0.325 e. The van der Waals surface area contributed by atoms with E-state index < -0.39 is 4.92 Å². The van der Waals surface area contributed by atoms with Crippen LogP contribution in [-0.4, -0.2) is 22.1 Å². The minimum absolute atomic E-state index is 0.0878. The molecule has 0 fully saturated rings. The highest BCUT2D eigenvalue weighted by molar-refractivity contribution is 7.98. The molecule has 0 saturated carbocycles. The Morgan fingerprint density at radius 2 is 1.92 bits per heavy atom. The zero-order valence-corrected chi connectivity index (χ0v) is 15.1. The summed E-state index contributed by atoms with van der Waals surface area (Å²) in [5.41, 5.74) is 2.07. The Labute approximate surface area is 154 Å². The zero-order chi connectivity index (χ0) is 18.5. The van der Waals surface area contributed by atoms with E-state index in [0.29, 0.717) is 12.4 Å². The maximum atomic E-state index is 11.8. The van der Waals surface area contributed by atoms with Crippen LogP contribution in [-0.2, 0) is 21.8 Å². The predicted molar refractivity (Wildman–Crippen MR) is 101 cm³/mol. The first-order valence-electron chi connectivity index (χ1n) is 8.18. The van der Waals surface area contributed by atoms with Crippen LogP contribution in [0.3, 0.4) is 0 Å². The third kappa shape index (κ3) is 4.05. The van der Waals surface area contributed by atoms with Crippen LogP contribution in [0, 0.1) is 10.1 Å². The summed E-state index contributed by atoms with van der Waals surface area (Å²) in [7, 11) is 0. The van der Waals surface area contributed by atoms with Crippen molar-refractivity contribution in [2.24, 2.45) is 0 Å². The SMILES string of the molecule is CCOC(=O)Cn1cc(SCc2ccc([N+](=O)[O-])cc2)c2ccccc21. The third-order valence-corrected chi connectivity index (χ3v) is 5.01. The van der Waals surface area contributed by atoms with Crippen molar-refractivity contribution in [3.05, 3.63) is 70.4 Å². The molecule has 2 aromatic carbocycles. The van der Waals surface area contributed by atoms with Crippen molar-refractivity contribution in [3.63, 3.8) is 0 Å². The second kappa shape index (κ2) is 8.05. The van der Waals surface area contributed by atoms with Crippen LogP contribution in [0.25, 0.3) is 10.9 Å². The summed E-state index contributed by atoms with van der Waals surface area (Å²) in [6.07, 6.45) is 1.96. The summed E-state index contributed by atoms with van der Waals surface area (Å²) in [5, 5.41) is 11.8. The van der Waals surface area contributed by atoms with Crippen molar-refractivity contribution in [2.75, 3.05) is 6.61 Å². The van der Waals surface area contributed by atoms with E-state index in [2.05, 4.69) is 0 Å². The van der Waals surface area contributed by atoms with Crippen LogP contribution in [0.5, 0.6) is 0 Å². The van der Waals surface area contributed by atoms with Gasteiger partial charge >= 0.3 is 5.97 Å². The van der Waals surface area contributed by atoms with Crippen molar-refractivity contribution in [1.82, 2.24) is 4.57 Å². The Balaban J connectivity index is 1.79. The minimum atomic E-state index is -0.403. The molecular formula is C19H18N2O4S. The van der Waals surface area contributed by atoms with Gasteiger partial charge < -0.3 is 9.30 Å². The number of ether oxygens (including phenoxy) is 1. The molecule has 0 radical (unpaired) electrons. The normalized spacial score (nSPS) is 10.8. The highest BCUT2D eigenvalue weighted by Crippen LogP contribution is 2.32. The number of nitrogens with zero attached hydrogens (tertiary/aromatic N) is 2. The summed E-state index contributed by atoms with van der Waals surface area (Å²) in [6.45, 7) is 2.32. The van der Waals surface area contributed by atoms with Gasteiger partial charge in [0, 0.05) is 39.9 Å². The van der Waals surface area contributed by atoms with Crippen LogP contribution in [0.1, 0.15) is 12.5 Å². The van der Waals surface area contributed by atoms with Crippen LogP contribution < -0.4 is 0 Å². The second-order valence-corrected chi connectivity index (χ2v) is 6.67. The summed E-state index contributed by atoms with van der Waals surface area (Å²) in [4.78, 5) is 23.2. The van der Waals surface area contributed by atoms with Gasteiger partial charge in [-0.3, -0.25) is 14.9 Å². The Kier molecular flexibility index (Phi) is 5.58. The molecule has 0 amide bonds. The molecule has 3 aromatic rings. The van der Waals surface area contributed by atoms with E-state index in [4.69, 9.17) is 4.74 Å². The number of non-ortho nitro benzene ring substituents is 1. The van der Waals surface area contributed by atoms with Gasteiger partial charge in [-0.1, -0.05) is 30.3 Å². The molecule has 0 aliphatic heterocycles. The maximum absolute atomic E-state index is 11.8. The molecule has 6 nitrogen and oxygen atoms in total. The molecule has 1 aromatic heterocycles. The maximum Gasteiger partial charge on any atom is 0.325 e. The summed E-state index contributed by atoms with van der Waals surface area (Å²) >= 11 is 1.64. The lowest BCUT2D eigenvalue weighted by Crippen LogP contribution is -2.12. The fourth-order valence-electron chi connectivity index (χ4n) is 2.68. The minimum Gasteiger partial charge on any atom is -0.465 e. The van der Waals surface area contributed by atoms with Crippen molar-refractivity contribution < 1.29 is 14.5 Å². The van der Waals surface area contributed by atoms with Crippen LogP contribution in [0.4, 0.5) is 5.69 Å². The van der Waals surface area contributed by atoms with E-state index in [-0.39, 0.29) is 18.2 Å². The molecule has 26 heavy (non-hydrogen) atoms. The number of nitro benzene ring substituents is 1. The number of para-hydroxylation sites is 1. The van der Waals surface area contributed by atoms with Crippen molar-refractivity contribution in [3.8, 4) is 0 Å². The van der Waals surface area contributed by atoms with Gasteiger partial charge in [-0.15, -0.1) is 11.8 Å². The monoisotopic (exact) mass is 370 g/mol.